The van der Waals surface area contributed by atoms with Crippen LogP contribution in [0.1, 0.15) is 30.9 Å². The fraction of sp³-hybridized carbons (Fsp3) is 0.400. The van der Waals surface area contributed by atoms with Crippen LogP contribution in [0.3, 0.4) is 0 Å². The summed E-state index contributed by atoms with van der Waals surface area (Å²) in [6.07, 6.45) is -4.82. The van der Waals surface area contributed by atoms with Crippen LogP contribution in [-0.2, 0) is 0 Å². The van der Waals surface area contributed by atoms with Crippen molar-refractivity contribution < 1.29 is 22.3 Å². The van der Waals surface area contributed by atoms with Gasteiger partial charge < -0.3 is 10.1 Å². The Labute approximate surface area is 150 Å². The van der Waals surface area contributed by atoms with Gasteiger partial charge in [0.1, 0.15) is 5.82 Å². The van der Waals surface area contributed by atoms with Crippen LogP contribution in [0.5, 0.6) is 5.75 Å². The summed E-state index contributed by atoms with van der Waals surface area (Å²) >= 11 is 0. The minimum Gasteiger partial charge on any atom is -0.404 e. The molecule has 1 unspecified atom stereocenters. The Bertz CT molecular complexity index is 783. The van der Waals surface area contributed by atoms with E-state index in [0.29, 0.717) is 12.5 Å². The molecule has 2 aromatic carbocycles. The molecule has 0 amide bonds. The topological polar surface area (TPSA) is 21.3 Å². The van der Waals surface area contributed by atoms with Gasteiger partial charge in [0.25, 0.3) is 0 Å². The third-order valence-electron chi connectivity index (χ3n) is 5.17. The number of hydrogen-bond acceptors (Lipinski definition) is 2. The second-order valence-corrected chi connectivity index (χ2v) is 7.39. The number of aryl methyl sites for hydroxylation is 1. The van der Waals surface area contributed by atoms with Crippen LogP contribution in [0.2, 0.25) is 0 Å². The molecule has 1 aliphatic rings. The first-order chi connectivity index (χ1) is 12.1. The highest BCUT2D eigenvalue weighted by Gasteiger charge is 2.57. The summed E-state index contributed by atoms with van der Waals surface area (Å²) in [6, 6.07) is 11.2. The van der Waals surface area contributed by atoms with Gasteiger partial charge in [-0.05, 0) is 41.9 Å². The number of ether oxygens (including phenoxy) is 1. The van der Waals surface area contributed by atoms with E-state index in [4.69, 9.17) is 0 Å². The Hall–Kier alpha value is -2.24. The normalized spacial score (nSPS) is 21.3. The smallest absolute Gasteiger partial charge is 0.404 e. The third kappa shape index (κ3) is 3.94. The van der Waals surface area contributed by atoms with Crippen molar-refractivity contribution in [1.29, 1.82) is 0 Å². The summed E-state index contributed by atoms with van der Waals surface area (Å²) in [6.45, 7) is 6.71. The summed E-state index contributed by atoms with van der Waals surface area (Å²) in [5, 5.41) is 2.94. The summed E-state index contributed by atoms with van der Waals surface area (Å²) in [5.41, 5.74) is 2.40. The summed E-state index contributed by atoms with van der Waals surface area (Å²) < 4.78 is 55.0. The second kappa shape index (κ2) is 6.49. The van der Waals surface area contributed by atoms with Crippen molar-refractivity contribution in [2.45, 2.75) is 33.1 Å². The van der Waals surface area contributed by atoms with Gasteiger partial charge in [-0.3, -0.25) is 0 Å². The van der Waals surface area contributed by atoms with E-state index in [-0.39, 0.29) is 17.0 Å². The Kier molecular flexibility index (Phi) is 4.63. The SMILES string of the molecule is Cc1ccc([C@H]2C(CNc3cc(F)ccc3OC(F)(F)F)C2(C)C)cc1. The van der Waals surface area contributed by atoms with Crippen molar-refractivity contribution in [2.75, 3.05) is 11.9 Å². The van der Waals surface area contributed by atoms with Crippen molar-refractivity contribution in [3.05, 3.63) is 59.4 Å². The molecule has 3 rings (SSSR count). The van der Waals surface area contributed by atoms with Crippen LogP contribution in [-0.4, -0.2) is 12.9 Å². The van der Waals surface area contributed by atoms with E-state index in [1.165, 1.54) is 11.1 Å². The first-order valence-corrected chi connectivity index (χ1v) is 8.43. The molecule has 0 bridgehead atoms. The Balaban J connectivity index is 1.73. The Morgan fingerprint density at radius 1 is 1.08 bits per heavy atom. The largest absolute Gasteiger partial charge is 0.573 e. The zero-order valence-electron chi connectivity index (χ0n) is 14.8. The number of benzene rings is 2. The summed E-state index contributed by atoms with van der Waals surface area (Å²) in [5.74, 6) is -0.514. The molecule has 1 N–H and O–H groups in total. The summed E-state index contributed by atoms with van der Waals surface area (Å²) in [7, 11) is 0. The lowest BCUT2D eigenvalue weighted by molar-refractivity contribution is -0.274. The third-order valence-corrected chi connectivity index (χ3v) is 5.17. The quantitative estimate of drug-likeness (QED) is 0.666. The van der Waals surface area contributed by atoms with E-state index >= 15 is 0 Å². The Morgan fingerprint density at radius 3 is 2.35 bits per heavy atom. The zero-order valence-corrected chi connectivity index (χ0v) is 14.8. The fourth-order valence-electron chi connectivity index (χ4n) is 3.63. The highest BCUT2D eigenvalue weighted by Crippen LogP contribution is 2.64. The summed E-state index contributed by atoms with van der Waals surface area (Å²) in [4.78, 5) is 0. The van der Waals surface area contributed by atoms with Gasteiger partial charge in [0.2, 0.25) is 0 Å². The fourth-order valence-corrected chi connectivity index (χ4v) is 3.63. The van der Waals surface area contributed by atoms with Crippen LogP contribution < -0.4 is 10.1 Å². The van der Waals surface area contributed by atoms with Gasteiger partial charge in [-0.1, -0.05) is 43.7 Å². The standard InChI is InChI=1S/C20H21F4NO/c1-12-4-6-13(7-5-12)18-15(19(18,2)3)11-25-16-10-14(21)8-9-17(16)26-20(22,23)24/h4-10,15,18,25H,11H2,1-3H3/t15?,18-/m0/s1. The maximum atomic E-state index is 13.5. The molecule has 2 nitrogen and oxygen atoms in total. The number of hydrogen-bond donors (Lipinski definition) is 1. The predicted octanol–water partition coefficient (Wildman–Crippen LogP) is 5.88. The molecule has 26 heavy (non-hydrogen) atoms. The van der Waals surface area contributed by atoms with Gasteiger partial charge in [-0.2, -0.15) is 0 Å². The molecule has 0 spiro atoms. The molecular formula is C20H21F4NO. The van der Waals surface area contributed by atoms with Crippen LogP contribution >= 0.6 is 0 Å². The molecule has 1 fully saturated rings. The number of nitrogens with one attached hydrogen (secondary N) is 1. The molecule has 140 valence electrons. The van der Waals surface area contributed by atoms with Gasteiger partial charge in [0.15, 0.2) is 5.75 Å². The second-order valence-electron chi connectivity index (χ2n) is 7.39. The average Bonchev–Trinajstić information content (AvgIpc) is 3.08. The maximum absolute atomic E-state index is 13.5. The van der Waals surface area contributed by atoms with Crippen molar-refractivity contribution in [3.8, 4) is 5.75 Å². The van der Waals surface area contributed by atoms with Crippen molar-refractivity contribution >= 4 is 5.69 Å². The number of alkyl halides is 3. The molecule has 1 aliphatic carbocycles. The molecule has 1 saturated carbocycles. The molecule has 0 heterocycles. The zero-order chi connectivity index (χ0) is 19.1. The molecule has 0 radical (unpaired) electrons. The minimum absolute atomic E-state index is 0.00711. The van der Waals surface area contributed by atoms with Crippen molar-refractivity contribution in [2.24, 2.45) is 11.3 Å². The molecular weight excluding hydrogens is 346 g/mol. The highest BCUT2D eigenvalue weighted by atomic mass is 19.4. The van der Waals surface area contributed by atoms with E-state index in [9.17, 15) is 17.6 Å². The first-order valence-electron chi connectivity index (χ1n) is 8.43. The van der Waals surface area contributed by atoms with E-state index in [1.54, 1.807) is 0 Å². The highest BCUT2D eigenvalue weighted by molar-refractivity contribution is 5.57. The van der Waals surface area contributed by atoms with Gasteiger partial charge in [-0.25, -0.2) is 4.39 Å². The lowest BCUT2D eigenvalue weighted by Gasteiger charge is -2.15. The van der Waals surface area contributed by atoms with Gasteiger partial charge in [0.05, 0.1) is 5.69 Å². The molecule has 0 saturated heterocycles. The van der Waals surface area contributed by atoms with Gasteiger partial charge in [-0.15, -0.1) is 13.2 Å². The first kappa shape index (κ1) is 18.5. The lowest BCUT2D eigenvalue weighted by atomic mass is 10.0. The van der Waals surface area contributed by atoms with Crippen LogP contribution in [0.25, 0.3) is 0 Å². The predicted molar refractivity (Wildman–Crippen MR) is 92.8 cm³/mol. The molecule has 2 atom stereocenters. The number of anilines is 1. The average molecular weight is 367 g/mol. The molecule has 2 aromatic rings. The van der Waals surface area contributed by atoms with Gasteiger partial charge >= 0.3 is 6.36 Å². The van der Waals surface area contributed by atoms with Crippen LogP contribution in [0, 0.1) is 24.1 Å². The van der Waals surface area contributed by atoms with Crippen molar-refractivity contribution in [1.82, 2.24) is 0 Å². The van der Waals surface area contributed by atoms with E-state index < -0.39 is 17.9 Å². The number of rotatable bonds is 5. The minimum atomic E-state index is -4.82. The Morgan fingerprint density at radius 2 is 1.73 bits per heavy atom. The number of halogens is 4. The maximum Gasteiger partial charge on any atom is 0.573 e. The van der Waals surface area contributed by atoms with Crippen molar-refractivity contribution in [3.63, 3.8) is 0 Å². The van der Waals surface area contributed by atoms with Crippen LogP contribution in [0.4, 0.5) is 23.2 Å². The molecule has 6 heteroatoms. The van der Waals surface area contributed by atoms with E-state index in [1.807, 2.05) is 6.92 Å². The van der Waals surface area contributed by atoms with E-state index in [2.05, 4.69) is 48.2 Å². The van der Waals surface area contributed by atoms with Crippen LogP contribution in [0.15, 0.2) is 42.5 Å². The van der Waals surface area contributed by atoms with E-state index in [0.717, 1.165) is 18.2 Å². The molecule has 0 aromatic heterocycles. The monoisotopic (exact) mass is 367 g/mol. The molecule has 0 aliphatic heterocycles. The lowest BCUT2D eigenvalue weighted by Crippen LogP contribution is -2.19. The van der Waals surface area contributed by atoms with Gasteiger partial charge in [0, 0.05) is 12.6 Å².